The Morgan fingerprint density at radius 1 is 1.12 bits per heavy atom. The Bertz CT molecular complexity index is 1180. The lowest BCUT2D eigenvalue weighted by Crippen LogP contribution is -2.38. The van der Waals surface area contributed by atoms with Crippen LogP contribution in [-0.2, 0) is 20.6 Å². The molecular weight excluding hydrogens is 410 g/mol. The molecule has 0 aliphatic carbocycles. The van der Waals surface area contributed by atoms with E-state index < -0.39 is 17.4 Å². The first-order valence-corrected chi connectivity index (χ1v) is 11.1. The van der Waals surface area contributed by atoms with Crippen molar-refractivity contribution >= 4 is 17.1 Å². The molecule has 9 heteroatoms. The third kappa shape index (κ3) is 5.04. The number of unbranched alkanes of at least 4 members (excludes halogenated alkanes) is 3. The molecule has 0 fully saturated rings. The summed E-state index contributed by atoms with van der Waals surface area (Å²) in [4.78, 5) is 29.8. The number of fused-ring (bicyclic) bond motifs is 1. The highest BCUT2D eigenvalue weighted by molar-refractivity contribution is 5.74. The van der Waals surface area contributed by atoms with Gasteiger partial charge in [0.05, 0.1) is 6.54 Å². The van der Waals surface area contributed by atoms with Gasteiger partial charge in [-0.2, -0.15) is 4.98 Å². The number of hydrogen-bond acceptors (Lipinski definition) is 6. The number of aromatic nitrogens is 4. The number of aryl methyl sites for hydroxylation is 2. The van der Waals surface area contributed by atoms with Crippen molar-refractivity contribution in [3.05, 3.63) is 50.7 Å². The number of imidazole rings is 1. The Kier molecular flexibility index (Phi) is 7.74. The fraction of sp³-hybridized carbons (Fsp3) is 0.522. The fourth-order valence-electron chi connectivity index (χ4n) is 3.68. The van der Waals surface area contributed by atoms with E-state index in [9.17, 15) is 14.7 Å². The average molecular weight is 444 g/mol. The monoisotopic (exact) mass is 443 g/mol. The van der Waals surface area contributed by atoms with Crippen molar-refractivity contribution in [3.8, 4) is 5.75 Å². The van der Waals surface area contributed by atoms with Gasteiger partial charge in [0.15, 0.2) is 11.2 Å². The van der Waals surface area contributed by atoms with E-state index >= 15 is 0 Å². The molecule has 0 aliphatic heterocycles. The molecule has 1 aromatic carbocycles. The van der Waals surface area contributed by atoms with E-state index in [1.807, 2.05) is 31.2 Å². The molecule has 0 spiro atoms. The Morgan fingerprint density at radius 2 is 1.88 bits per heavy atom. The minimum absolute atomic E-state index is 0.0620. The zero-order chi connectivity index (χ0) is 23.3. The van der Waals surface area contributed by atoms with Gasteiger partial charge in [-0.15, -0.1) is 0 Å². The van der Waals surface area contributed by atoms with Gasteiger partial charge in [-0.05, 0) is 25.0 Å². The van der Waals surface area contributed by atoms with Gasteiger partial charge in [-0.1, -0.05) is 44.4 Å². The van der Waals surface area contributed by atoms with Gasteiger partial charge in [0.25, 0.3) is 5.56 Å². The number of hydrogen-bond donors (Lipinski definition) is 2. The quantitative estimate of drug-likeness (QED) is 0.440. The minimum Gasteiger partial charge on any atom is -0.491 e. The van der Waals surface area contributed by atoms with Crippen LogP contribution in [-0.4, -0.2) is 43.0 Å². The van der Waals surface area contributed by atoms with E-state index in [1.165, 1.54) is 11.6 Å². The van der Waals surface area contributed by atoms with E-state index in [0.29, 0.717) is 23.9 Å². The van der Waals surface area contributed by atoms with Crippen molar-refractivity contribution in [2.45, 2.75) is 52.2 Å². The van der Waals surface area contributed by atoms with Gasteiger partial charge in [0.2, 0.25) is 5.95 Å². The lowest BCUT2D eigenvalue weighted by molar-refractivity contribution is 0.0935. The summed E-state index contributed by atoms with van der Waals surface area (Å²) in [6.07, 6.45) is 3.48. The molecule has 32 heavy (non-hydrogen) atoms. The second kappa shape index (κ2) is 10.5. The van der Waals surface area contributed by atoms with Crippen LogP contribution in [0.5, 0.6) is 5.75 Å². The molecule has 2 N–H and O–H groups in total. The number of anilines is 1. The summed E-state index contributed by atoms with van der Waals surface area (Å²) in [7, 11) is 3.03. The number of nitrogens with one attached hydrogen (secondary N) is 1. The van der Waals surface area contributed by atoms with Crippen molar-refractivity contribution < 1.29 is 9.84 Å². The molecule has 0 bridgehead atoms. The fourth-order valence-corrected chi connectivity index (χ4v) is 3.68. The molecule has 2 aromatic heterocycles. The van der Waals surface area contributed by atoms with Crippen LogP contribution >= 0.6 is 0 Å². The van der Waals surface area contributed by atoms with Gasteiger partial charge in [-0.3, -0.25) is 13.9 Å². The van der Waals surface area contributed by atoms with Crippen molar-refractivity contribution in [3.63, 3.8) is 0 Å². The summed E-state index contributed by atoms with van der Waals surface area (Å²) in [6.45, 7) is 4.95. The zero-order valence-electron chi connectivity index (χ0n) is 19.3. The van der Waals surface area contributed by atoms with Gasteiger partial charge >= 0.3 is 5.69 Å². The lowest BCUT2D eigenvalue weighted by atomic mass is 10.2. The molecule has 3 aromatic rings. The Labute approximate surface area is 187 Å². The second-order valence-electron chi connectivity index (χ2n) is 8.14. The molecule has 0 aliphatic rings. The van der Waals surface area contributed by atoms with Gasteiger partial charge in [-0.25, -0.2) is 4.79 Å². The van der Waals surface area contributed by atoms with Crippen LogP contribution < -0.4 is 21.3 Å². The van der Waals surface area contributed by atoms with Crippen molar-refractivity contribution in [2.75, 3.05) is 18.5 Å². The predicted octanol–water partition coefficient (Wildman–Crippen LogP) is 2.17. The number of para-hydroxylation sites is 1. The van der Waals surface area contributed by atoms with Crippen LogP contribution in [0.1, 0.15) is 38.2 Å². The summed E-state index contributed by atoms with van der Waals surface area (Å²) in [6, 6.07) is 7.59. The first-order valence-electron chi connectivity index (χ1n) is 11.1. The van der Waals surface area contributed by atoms with E-state index in [4.69, 9.17) is 4.74 Å². The van der Waals surface area contributed by atoms with Crippen LogP contribution in [0.4, 0.5) is 5.95 Å². The average Bonchev–Trinajstić information content (AvgIpc) is 3.13. The van der Waals surface area contributed by atoms with Crippen LogP contribution in [0.2, 0.25) is 0 Å². The van der Waals surface area contributed by atoms with Crippen LogP contribution in [0.25, 0.3) is 11.2 Å². The maximum absolute atomic E-state index is 12.9. The first kappa shape index (κ1) is 23.6. The van der Waals surface area contributed by atoms with Crippen LogP contribution in [0.15, 0.2) is 33.9 Å². The SMILES string of the molecule is CCCCCCNc1nc2c(c(=O)n(C)c(=O)n2C)n1CC(O)COc1ccccc1C. The number of ether oxygens (including phenoxy) is 1. The van der Waals surface area contributed by atoms with Gasteiger partial charge in [0, 0.05) is 20.6 Å². The topological polar surface area (TPSA) is 103 Å². The molecule has 9 nitrogen and oxygen atoms in total. The minimum atomic E-state index is -0.880. The van der Waals surface area contributed by atoms with Crippen molar-refractivity contribution in [1.29, 1.82) is 0 Å². The van der Waals surface area contributed by atoms with E-state index in [-0.39, 0.29) is 18.7 Å². The molecule has 0 saturated carbocycles. The Hall–Kier alpha value is -3.07. The van der Waals surface area contributed by atoms with E-state index in [1.54, 1.807) is 11.6 Å². The smallest absolute Gasteiger partial charge is 0.332 e. The van der Waals surface area contributed by atoms with Gasteiger partial charge in [0.1, 0.15) is 18.5 Å². The molecule has 174 valence electrons. The van der Waals surface area contributed by atoms with Crippen molar-refractivity contribution in [1.82, 2.24) is 18.7 Å². The molecule has 1 atom stereocenters. The van der Waals surface area contributed by atoms with Crippen molar-refractivity contribution in [2.24, 2.45) is 14.1 Å². The number of aliphatic hydroxyl groups excluding tert-OH is 1. The maximum atomic E-state index is 12.9. The molecule has 1 unspecified atom stereocenters. The normalized spacial score (nSPS) is 12.3. The number of benzene rings is 1. The molecule has 0 amide bonds. The van der Waals surface area contributed by atoms with Crippen LogP contribution in [0.3, 0.4) is 0 Å². The predicted molar refractivity (Wildman–Crippen MR) is 126 cm³/mol. The molecule has 0 saturated heterocycles. The highest BCUT2D eigenvalue weighted by Gasteiger charge is 2.21. The highest BCUT2D eigenvalue weighted by atomic mass is 16.5. The summed E-state index contributed by atoms with van der Waals surface area (Å²) >= 11 is 0. The van der Waals surface area contributed by atoms with E-state index in [2.05, 4.69) is 17.2 Å². The summed E-state index contributed by atoms with van der Waals surface area (Å²) in [5.74, 6) is 1.17. The number of rotatable bonds is 11. The second-order valence-corrected chi connectivity index (χ2v) is 8.14. The summed E-state index contributed by atoms with van der Waals surface area (Å²) in [5.41, 5.74) is 0.666. The molecular formula is C23H33N5O4. The van der Waals surface area contributed by atoms with Gasteiger partial charge < -0.3 is 19.7 Å². The molecule has 0 radical (unpaired) electrons. The molecule has 2 heterocycles. The number of aliphatic hydroxyl groups is 1. The zero-order valence-corrected chi connectivity index (χ0v) is 19.3. The largest absolute Gasteiger partial charge is 0.491 e. The summed E-state index contributed by atoms with van der Waals surface area (Å²) < 4.78 is 9.84. The summed E-state index contributed by atoms with van der Waals surface area (Å²) in [5, 5.41) is 14.0. The van der Waals surface area contributed by atoms with Crippen LogP contribution in [0, 0.1) is 6.92 Å². The highest BCUT2D eigenvalue weighted by Crippen LogP contribution is 2.19. The first-order chi connectivity index (χ1) is 15.3. The maximum Gasteiger partial charge on any atom is 0.332 e. The Balaban J connectivity index is 1.88. The van der Waals surface area contributed by atoms with E-state index in [0.717, 1.165) is 35.8 Å². The lowest BCUT2D eigenvalue weighted by Gasteiger charge is -2.17. The standard InChI is InChI=1S/C23H33N5O4/c1-5-6-7-10-13-24-22-25-20-19(21(30)27(4)23(31)26(20)3)28(22)14-17(29)15-32-18-12-9-8-11-16(18)2/h8-9,11-12,17,29H,5-7,10,13-15H2,1-4H3,(H,24,25). The Morgan fingerprint density at radius 3 is 2.59 bits per heavy atom. The third-order valence-corrected chi connectivity index (χ3v) is 5.58. The third-order valence-electron chi connectivity index (χ3n) is 5.58. The molecule has 3 rings (SSSR count). The number of nitrogens with zero attached hydrogens (tertiary/aromatic N) is 4.